The number of ether oxygens (including phenoxy) is 1. The summed E-state index contributed by atoms with van der Waals surface area (Å²) in [4.78, 5) is 23.8. The van der Waals surface area contributed by atoms with Crippen LogP contribution in [0.5, 0.6) is 5.75 Å². The number of hydrogen-bond donors (Lipinski definition) is 2. The maximum Gasteiger partial charge on any atom is 0.262 e. The molecule has 0 fully saturated rings. The Morgan fingerprint density at radius 3 is 2.56 bits per heavy atom. The molecule has 1 unspecified atom stereocenters. The Labute approximate surface area is 189 Å². The maximum absolute atomic E-state index is 12.5. The zero-order valence-electron chi connectivity index (χ0n) is 17.5. The smallest absolute Gasteiger partial charge is 0.262 e. The first-order chi connectivity index (χ1) is 15.5. The molecule has 3 aromatic rings. The van der Waals surface area contributed by atoms with Crippen LogP contribution in [0.4, 0.5) is 11.4 Å². The van der Waals surface area contributed by atoms with Crippen molar-refractivity contribution in [2.45, 2.75) is 24.3 Å². The molecule has 0 radical (unpaired) electrons. The van der Waals surface area contributed by atoms with Crippen molar-refractivity contribution in [2.75, 3.05) is 17.2 Å². The molecule has 1 aliphatic rings. The quantitative estimate of drug-likeness (QED) is 0.545. The molecule has 0 saturated carbocycles. The molecular weight excluding hydrogens is 424 g/mol. The molecule has 0 aromatic heterocycles. The van der Waals surface area contributed by atoms with Crippen molar-refractivity contribution in [3.8, 4) is 5.75 Å². The highest BCUT2D eigenvalue weighted by Gasteiger charge is 2.15. The molecule has 0 bridgehead atoms. The minimum atomic E-state index is -1.04. The van der Waals surface area contributed by atoms with Gasteiger partial charge in [0, 0.05) is 40.1 Å². The predicted molar refractivity (Wildman–Crippen MR) is 126 cm³/mol. The summed E-state index contributed by atoms with van der Waals surface area (Å²) in [5, 5.41) is 5.64. The molecule has 32 heavy (non-hydrogen) atoms. The topological polar surface area (TPSA) is 84.5 Å². The lowest BCUT2D eigenvalue weighted by Crippen LogP contribution is -2.21. The summed E-state index contributed by atoms with van der Waals surface area (Å²) in [5.41, 5.74) is 4.37. The van der Waals surface area contributed by atoms with E-state index in [1.54, 1.807) is 18.2 Å². The van der Waals surface area contributed by atoms with Gasteiger partial charge in [-0.1, -0.05) is 42.5 Å². The fraction of sp³-hybridized carbons (Fsp3) is 0.200. The van der Waals surface area contributed by atoms with E-state index in [9.17, 15) is 13.8 Å². The lowest BCUT2D eigenvalue weighted by molar-refractivity contribution is -0.118. The molecular formula is C25H24N2O4S. The molecule has 2 N–H and O–H groups in total. The molecule has 0 saturated heterocycles. The van der Waals surface area contributed by atoms with Crippen LogP contribution in [-0.4, -0.2) is 22.6 Å². The second-order valence-electron chi connectivity index (χ2n) is 7.62. The summed E-state index contributed by atoms with van der Waals surface area (Å²) in [6.45, 7) is -0.130. The molecule has 1 atom stereocenters. The van der Waals surface area contributed by atoms with Gasteiger partial charge < -0.3 is 15.4 Å². The van der Waals surface area contributed by atoms with Crippen LogP contribution < -0.4 is 15.4 Å². The fourth-order valence-electron chi connectivity index (χ4n) is 3.53. The average Bonchev–Trinajstić information content (AvgIpc) is 2.78. The number of amides is 2. The zero-order chi connectivity index (χ0) is 22.3. The van der Waals surface area contributed by atoms with E-state index in [0.29, 0.717) is 35.8 Å². The zero-order valence-corrected chi connectivity index (χ0v) is 18.3. The molecule has 164 valence electrons. The summed E-state index contributed by atoms with van der Waals surface area (Å²) in [5.74, 6) is 1.23. The van der Waals surface area contributed by atoms with Gasteiger partial charge >= 0.3 is 0 Å². The van der Waals surface area contributed by atoms with Crippen molar-refractivity contribution in [1.29, 1.82) is 0 Å². The first-order valence-corrected chi connectivity index (χ1v) is 11.9. The maximum atomic E-state index is 12.5. The first kappa shape index (κ1) is 21.8. The Bertz CT molecular complexity index is 1150. The first-order valence-electron chi connectivity index (χ1n) is 10.4. The highest BCUT2D eigenvalue weighted by molar-refractivity contribution is 7.83. The van der Waals surface area contributed by atoms with Crippen LogP contribution in [-0.2, 0) is 38.3 Å². The summed E-state index contributed by atoms with van der Waals surface area (Å²) in [6.07, 6.45) is 1.10. The molecule has 2 amide bonds. The summed E-state index contributed by atoms with van der Waals surface area (Å²) in [6, 6.07) is 22.5. The van der Waals surface area contributed by atoms with E-state index in [1.165, 1.54) is 0 Å². The predicted octanol–water partition coefficient (Wildman–Crippen LogP) is 4.04. The van der Waals surface area contributed by atoms with Crippen molar-refractivity contribution in [2.24, 2.45) is 0 Å². The molecule has 1 aliphatic heterocycles. The highest BCUT2D eigenvalue weighted by atomic mass is 32.2. The van der Waals surface area contributed by atoms with Crippen molar-refractivity contribution >= 4 is 34.0 Å². The molecule has 4 rings (SSSR count). The number of fused-ring (bicyclic) bond motifs is 1. The minimum absolute atomic E-state index is 0.0108. The second-order valence-corrected chi connectivity index (χ2v) is 9.08. The Morgan fingerprint density at radius 2 is 1.72 bits per heavy atom. The number of benzene rings is 3. The molecule has 3 aromatic carbocycles. The molecule has 0 aliphatic carbocycles. The van der Waals surface area contributed by atoms with Crippen LogP contribution >= 0.6 is 0 Å². The summed E-state index contributed by atoms with van der Waals surface area (Å²) in [7, 11) is -1.04. The van der Waals surface area contributed by atoms with E-state index in [4.69, 9.17) is 4.74 Å². The van der Waals surface area contributed by atoms with Crippen molar-refractivity contribution in [1.82, 2.24) is 0 Å². The Balaban J connectivity index is 1.29. The van der Waals surface area contributed by atoms with Gasteiger partial charge in [-0.3, -0.25) is 13.8 Å². The van der Waals surface area contributed by atoms with Crippen molar-refractivity contribution in [3.63, 3.8) is 0 Å². The average molecular weight is 449 g/mol. The van der Waals surface area contributed by atoms with E-state index >= 15 is 0 Å². The molecule has 0 spiro atoms. The van der Waals surface area contributed by atoms with E-state index in [0.717, 1.165) is 22.4 Å². The SMILES string of the molecule is O=C(COc1ccc2c(c1)CCC(=O)N2)Nc1cccc(CS(=O)Cc2ccccc2)c1. The van der Waals surface area contributed by atoms with Gasteiger partial charge in [-0.25, -0.2) is 0 Å². The molecule has 7 heteroatoms. The number of carbonyl (C=O) groups is 2. The van der Waals surface area contributed by atoms with Crippen molar-refractivity contribution in [3.05, 3.63) is 89.5 Å². The number of aryl methyl sites for hydroxylation is 1. The number of nitrogens with one attached hydrogen (secondary N) is 2. The Hall–Kier alpha value is -3.45. The highest BCUT2D eigenvalue weighted by Crippen LogP contribution is 2.26. The summed E-state index contributed by atoms with van der Waals surface area (Å²) >= 11 is 0. The Morgan fingerprint density at radius 1 is 0.938 bits per heavy atom. The van der Waals surface area contributed by atoms with Gasteiger partial charge in [0.1, 0.15) is 5.75 Å². The van der Waals surface area contributed by atoms with Crippen LogP contribution in [0.3, 0.4) is 0 Å². The third kappa shape index (κ3) is 6.04. The van der Waals surface area contributed by atoms with Crippen LogP contribution in [0.15, 0.2) is 72.8 Å². The van der Waals surface area contributed by atoms with E-state index in [2.05, 4.69) is 10.6 Å². The van der Waals surface area contributed by atoms with Gasteiger partial charge in [0.15, 0.2) is 6.61 Å². The normalized spacial score (nSPS) is 13.6. The lowest BCUT2D eigenvalue weighted by Gasteiger charge is -2.17. The largest absolute Gasteiger partial charge is 0.484 e. The number of carbonyl (C=O) groups excluding carboxylic acids is 2. The van der Waals surface area contributed by atoms with E-state index < -0.39 is 10.8 Å². The standard InChI is InChI=1S/C25H24N2O4S/c28-24-12-9-20-14-22(10-11-23(20)27-24)31-15-25(29)26-21-8-4-7-19(13-21)17-32(30)16-18-5-2-1-3-6-18/h1-8,10-11,13-14H,9,12,15-17H2,(H,26,29)(H,27,28). The minimum Gasteiger partial charge on any atom is -0.484 e. The third-order valence-electron chi connectivity index (χ3n) is 5.05. The van der Waals surface area contributed by atoms with Gasteiger partial charge in [0.05, 0.1) is 0 Å². The molecule has 6 nitrogen and oxygen atoms in total. The van der Waals surface area contributed by atoms with Crippen LogP contribution in [0.2, 0.25) is 0 Å². The van der Waals surface area contributed by atoms with Gasteiger partial charge in [0.2, 0.25) is 5.91 Å². The second kappa shape index (κ2) is 10.2. The van der Waals surface area contributed by atoms with Crippen LogP contribution in [0.1, 0.15) is 23.1 Å². The van der Waals surface area contributed by atoms with E-state index in [-0.39, 0.29) is 18.4 Å². The molecule has 1 heterocycles. The number of rotatable bonds is 8. The van der Waals surface area contributed by atoms with Gasteiger partial charge in [-0.2, -0.15) is 0 Å². The van der Waals surface area contributed by atoms with Gasteiger partial charge in [0.25, 0.3) is 5.91 Å². The van der Waals surface area contributed by atoms with E-state index in [1.807, 2.05) is 54.6 Å². The monoisotopic (exact) mass is 448 g/mol. The van der Waals surface area contributed by atoms with Crippen LogP contribution in [0.25, 0.3) is 0 Å². The van der Waals surface area contributed by atoms with Crippen molar-refractivity contribution < 1.29 is 18.5 Å². The number of anilines is 2. The lowest BCUT2D eigenvalue weighted by atomic mass is 10.0. The van der Waals surface area contributed by atoms with Crippen LogP contribution in [0, 0.1) is 0 Å². The van der Waals surface area contributed by atoms with Gasteiger partial charge in [-0.05, 0) is 53.4 Å². The Kier molecular flexibility index (Phi) is 6.97. The fourth-order valence-corrected chi connectivity index (χ4v) is 4.75. The number of hydrogen-bond acceptors (Lipinski definition) is 4. The third-order valence-corrected chi connectivity index (χ3v) is 6.36. The van der Waals surface area contributed by atoms with Gasteiger partial charge in [-0.15, -0.1) is 0 Å². The summed E-state index contributed by atoms with van der Waals surface area (Å²) < 4.78 is 18.1.